The second-order valence-corrected chi connectivity index (χ2v) is 8.30. The van der Waals surface area contributed by atoms with Gasteiger partial charge in [0.25, 0.3) is 5.91 Å². The largest absolute Gasteiger partial charge is 0.488 e. The fourth-order valence-corrected chi connectivity index (χ4v) is 3.96. The summed E-state index contributed by atoms with van der Waals surface area (Å²) in [7, 11) is 1.67. The van der Waals surface area contributed by atoms with E-state index in [1.54, 1.807) is 13.1 Å². The SMILES string of the molecule is CN1C(=O)/C(=C\c2cc(Br)ccc2OCc2ccccc2Cl)SC1=S. The number of thioether (sulfide) groups is 1. The molecule has 1 saturated heterocycles. The molecule has 0 atom stereocenters. The predicted molar refractivity (Wildman–Crippen MR) is 111 cm³/mol. The van der Waals surface area contributed by atoms with Crippen LogP contribution in [0.4, 0.5) is 0 Å². The van der Waals surface area contributed by atoms with Crippen molar-refractivity contribution < 1.29 is 9.53 Å². The van der Waals surface area contributed by atoms with Gasteiger partial charge >= 0.3 is 0 Å². The number of hydrogen-bond donors (Lipinski definition) is 0. The molecule has 2 aromatic rings. The molecule has 1 aliphatic heterocycles. The molecule has 3 rings (SSSR count). The normalized spacial score (nSPS) is 16.0. The van der Waals surface area contributed by atoms with Crippen LogP contribution in [0, 0.1) is 0 Å². The van der Waals surface area contributed by atoms with Gasteiger partial charge < -0.3 is 4.74 Å². The van der Waals surface area contributed by atoms with Gasteiger partial charge in [-0.3, -0.25) is 9.69 Å². The van der Waals surface area contributed by atoms with Crippen molar-refractivity contribution in [2.75, 3.05) is 7.05 Å². The van der Waals surface area contributed by atoms with Gasteiger partial charge in [-0.15, -0.1) is 0 Å². The molecule has 25 heavy (non-hydrogen) atoms. The van der Waals surface area contributed by atoms with Crippen LogP contribution in [0.15, 0.2) is 51.8 Å². The fourth-order valence-electron chi connectivity index (χ4n) is 2.22. The summed E-state index contributed by atoms with van der Waals surface area (Å²) >= 11 is 16.1. The number of amides is 1. The first-order chi connectivity index (χ1) is 12.0. The predicted octanol–water partition coefficient (Wildman–Crippen LogP) is 5.51. The van der Waals surface area contributed by atoms with Crippen molar-refractivity contribution in [3.63, 3.8) is 0 Å². The Morgan fingerprint density at radius 2 is 2.08 bits per heavy atom. The number of likely N-dealkylation sites (N-methyl/N-ethyl adjacent to an activating group) is 1. The Kier molecular flexibility index (Phi) is 5.84. The number of hydrogen-bond acceptors (Lipinski definition) is 4. The van der Waals surface area contributed by atoms with Crippen molar-refractivity contribution in [2.45, 2.75) is 6.61 Å². The van der Waals surface area contributed by atoms with Crippen LogP contribution in [0.3, 0.4) is 0 Å². The van der Waals surface area contributed by atoms with Crippen LogP contribution in [-0.2, 0) is 11.4 Å². The van der Waals surface area contributed by atoms with Crippen LogP contribution < -0.4 is 4.74 Å². The van der Waals surface area contributed by atoms with E-state index in [0.29, 0.717) is 26.6 Å². The molecule has 1 heterocycles. The van der Waals surface area contributed by atoms with Gasteiger partial charge in [0.1, 0.15) is 16.7 Å². The number of carbonyl (C=O) groups excluding carboxylic acids is 1. The summed E-state index contributed by atoms with van der Waals surface area (Å²) in [4.78, 5) is 14.3. The Hall–Kier alpha value is -1.34. The van der Waals surface area contributed by atoms with E-state index in [-0.39, 0.29) is 5.91 Å². The van der Waals surface area contributed by atoms with Crippen LogP contribution in [0.2, 0.25) is 5.02 Å². The number of carbonyl (C=O) groups is 1. The zero-order chi connectivity index (χ0) is 18.0. The first kappa shape index (κ1) is 18.5. The van der Waals surface area contributed by atoms with Crippen molar-refractivity contribution >= 4 is 67.8 Å². The first-order valence-electron chi connectivity index (χ1n) is 7.33. The lowest BCUT2D eigenvalue weighted by Gasteiger charge is -2.11. The van der Waals surface area contributed by atoms with E-state index in [4.69, 9.17) is 28.6 Å². The zero-order valence-electron chi connectivity index (χ0n) is 13.2. The molecule has 0 radical (unpaired) electrons. The molecule has 0 saturated carbocycles. The molecular formula is C18H13BrClNO2S2. The van der Waals surface area contributed by atoms with Gasteiger partial charge in [0, 0.05) is 27.7 Å². The lowest BCUT2D eigenvalue weighted by molar-refractivity contribution is -0.121. The quantitative estimate of drug-likeness (QED) is 0.450. The lowest BCUT2D eigenvalue weighted by atomic mass is 10.1. The van der Waals surface area contributed by atoms with E-state index in [9.17, 15) is 4.79 Å². The molecule has 7 heteroatoms. The number of nitrogens with zero attached hydrogens (tertiary/aromatic N) is 1. The van der Waals surface area contributed by atoms with Gasteiger partial charge in [0.05, 0.1) is 4.91 Å². The standard InChI is InChI=1S/C18H13BrClNO2S2/c1-21-17(22)16(25-18(21)24)9-12-8-13(19)6-7-15(12)23-10-11-4-2-3-5-14(11)20/h2-9H,10H2,1H3/b16-9+. The van der Waals surface area contributed by atoms with Crippen LogP contribution in [-0.4, -0.2) is 22.2 Å². The lowest BCUT2D eigenvalue weighted by Crippen LogP contribution is -2.22. The van der Waals surface area contributed by atoms with Crippen LogP contribution in [0.5, 0.6) is 5.75 Å². The minimum absolute atomic E-state index is 0.105. The summed E-state index contributed by atoms with van der Waals surface area (Å²) in [6.45, 7) is 0.344. The Bertz CT molecular complexity index is 885. The maximum absolute atomic E-state index is 12.2. The first-order valence-corrected chi connectivity index (χ1v) is 9.72. The van der Waals surface area contributed by atoms with E-state index in [2.05, 4.69) is 15.9 Å². The minimum atomic E-state index is -0.105. The second-order valence-electron chi connectivity index (χ2n) is 5.30. The maximum atomic E-state index is 12.2. The molecular weight excluding hydrogens is 442 g/mol. The molecule has 0 aliphatic carbocycles. The van der Waals surface area contributed by atoms with E-state index in [0.717, 1.165) is 15.6 Å². The van der Waals surface area contributed by atoms with Crippen LogP contribution in [0.1, 0.15) is 11.1 Å². The highest BCUT2D eigenvalue weighted by atomic mass is 79.9. The number of thiocarbonyl (C=S) groups is 1. The van der Waals surface area contributed by atoms with Crippen molar-refractivity contribution in [2.24, 2.45) is 0 Å². The molecule has 2 aromatic carbocycles. The highest BCUT2D eigenvalue weighted by molar-refractivity contribution is 9.10. The highest BCUT2D eigenvalue weighted by Gasteiger charge is 2.29. The summed E-state index contributed by atoms with van der Waals surface area (Å²) in [6.07, 6.45) is 1.80. The molecule has 0 spiro atoms. The van der Waals surface area contributed by atoms with E-state index in [1.165, 1.54) is 16.7 Å². The van der Waals surface area contributed by atoms with Gasteiger partial charge in [0.15, 0.2) is 0 Å². The monoisotopic (exact) mass is 453 g/mol. The van der Waals surface area contributed by atoms with Gasteiger partial charge in [-0.2, -0.15) is 0 Å². The molecule has 128 valence electrons. The second kappa shape index (κ2) is 7.91. The summed E-state index contributed by atoms with van der Waals surface area (Å²) in [6, 6.07) is 13.2. The van der Waals surface area contributed by atoms with E-state index >= 15 is 0 Å². The van der Waals surface area contributed by atoms with Crippen molar-refractivity contribution in [3.8, 4) is 5.75 Å². The number of ether oxygens (including phenoxy) is 1. The maximum Gasteiger partial charge on any atom is 0.265 e. The average molecular weight is 455 g/mol. The Morgan fingerprint density at radius 3 is 2.76 bits per heavy atom. The minimum Gasteiger partial charge on any atom is -0.488 e. The third kappa shape index (κ3) is 4.26. The smallest absolute Gasteiger partial charge is 0.265 e. The molecule has 3 nitrogen and oxygen atoms in total. The van der Waals surface area contributed by atoms with Crippen LogP contribution >= 0.6 is 51.5 Å². The van der Waals surface area contributed by atoms with E-state index in [1.807, 2.05) is 42.5 Å². The Labute approximate surface area is 169 Å². The number of halogens is 2. The van der Waals surface area contributed by atoms with Gasteiger partial charge in [-0.1, -0.05) is 69.7 Å². The zero-order valence-corrected chi connectivity index (χ0v) is 17.1. The molecule has 1 aliphatic rings. The van der Waals surface area contributed by atoms with Gasteiger partial charge in [-0.05, 0) is 30.3 Å². The number of rotatable bonds is 4. The van der Waals surface area contributed by atoms with Crippen molar-refractivity contribution in [1.82, 2.24) is 4.90 Å². The molecule has 0 N–H and O–H groups in total. The average Bonchev–Trinajstić information content (AvgIpc) is 2.82. The molecule has 0 bridgehead atoms. The van der Waals surface area contributed by atoms with E-state index < -0.39 is 0 Å². The topological polar surface area (TPSA) is 29.5 Å². The van der Waals surface area contributed by atoms with Crippen molar-refractivity contribution in [3.05, 3.63) is 68.0 Å². The Balaban J connectivity index is 1.88. The third-order valence-electron chi connectivity index (χ3n) is 3.59. The fraction of sp³-hybridized carbons (Fsp3) is 0.111. The van der Waals surface area contributed by atoms with Crippen LogP contribution in [0.25, 0.3) is 6.08 Å². The molecule has 1 fully saturated rings. The molecule has 1 amide bonds. The van der Waals surface area contributed by atoms with Gasteiger partial charge in [-0.25, -0.2) is 0 Å². The summed E-state index contributed by atoms with van der Waals surface area (Å²) in [5, 5.41) is 0.660. The number of benzene rings is 2. The molecule has 0 unspecified atom stereocenters. The van der Waals surface area contributed by atoms with Crippen molar-refractivity contribution in [1.29, 1.82) is 0 Å². The highest BCUT2D eigenvalue weighted by Crippen LogP contribution is 2.34. The Morgan fingerprint density at radius 1 is 1.32 bits per heavy atom. The summed E-state index contributed by atoms with van der Waals surface area (Å²) < 4.78 is 7.39. The summed E-state index contributed by atoms with van der Waals surface area (Å²) in [5.41, 5.74) is 1.70. The molecule has 0 aromatic heterocycles. The van der Waals surface area contributed by atoms with Gasteiger partial charge in [0.2, 0.25) is 0 Å². The third-order valence-corrected chi connectivity index (χ3v) is 5.93. The summed E-state index contributed by atoms with van der Waals surface area (Å²) in [5.74, 6) is 0.566.